The van der Waals surface area contributed by atoms with E-state index in [1.165, 1.54) is 18.5 Å². The van der Waals surface area contributed by atoms with Gasteiger partial charge in [0.25, 0.3) is 0 Å². The van der Waals surface area contributed by atoms with Crippen LogP contribution in [0.15, 0.2) is 61.1 Å². The molecule has 31 heavy (non-hydrogen) atoms. The summed E-state index contributed by atoms with van der Waals surface area (Å²) in [4.78, 5) is 22.8. The van der Waals surface area contributed by atoms with Gasteiger partial charge in [-0.05, 0) is 40.5 Å². The highest BCUT2D eigenvalue weighted by Crippen LogP contribution is 2.55. The lowest BCUT2D eigenvalue weighted by Gasteiger charge is -2.37. The van der Waals surface area contributed by atoms with Gasteiger partial charge in [0.15, 0.2) is 0 Å². The van der Waals surface area contributed by atoms with Gasteiger partial charge in [-0.1, -0.05) is 59.2 Å². The van der Waals surface area contributed by atoms with Gasteiger partial charge in [-0.3, -0.25) is 10.0 Å². The maximum Gasteiger partial charge on any atom is 0.348 e. The van der Waals surface area contributed by atoms with Crippen molar-refractivity contribution < 1.29 is 4.79 Å². The largest absolute Gasteiger partial charge is 0.348 e. The number of nitrogens with one attached hydrogen (secondary N) is 2. The van der Waals surface area contributed by atoms with Gasteiger partial charge >= 0.3 is 6.03 Å². The number of hydrogen-bond donors (Lipinski definition) is 2. The lowest BCUT2D eigenvalue weighted by Crippen LogP contribution is -2.62. The standard InChI is InChI=1S/C20H18N6OS4/c1-25-20(27)26(2)24-17(23-25)15-8-4-6-13(22-15)12-5-3-7-14(21-12)16-11-30-19(31-16)18-28-9-10-29-18/h3-11,17,23-24H,1-2H3. The Balaban J connectivity index is 1.38. The zero-order chi connectivity index (χ0) is 21.4. The average molecular weight is 487 g/mol. The van der Waals surface area contributed by atoms with Crippen molar-refractivity contribution in [2.45, 2.75) is 6.17 Å². The van der Waals surface area contributed by atoms with E-state index in [9.17, 15) is 4.79 Å². The molecule has 1 saturated heterocycles. The van der Waals surface area contributed by atoms with Crippen molar-refractivity contribution in [2.75, 3.05) is 14.1 Å². The van der Waals surface area contributed by atoms with Crippen LogP contribution in [0.4, 0.5) is 4.79 Å². The second-order valence-electron chi connectivity index (χ2n) is 6.73. The first-order valence-electron chi connectivity index (χ1n) is 9.34. The first-order valence-corrected chi connectivity index (χ1v) is 12.8. The van der Waals surface area contributed by atoms with E-state index >= 15 is 0 Å². The highest BCUT2D eigenvalue weighted by atomic mass is 32.2. The van der Waals surface area contributed by atoms with E-state index in [1.807, 2.05) is 36.4 Å². The Kier molecular flexibility index (Phi) is 6.04. The number of rotatable bonds is 3. The molecule has 2 aromatic heterocycles. The molecule has 0 aliphatic carbocycles. The van der Waals surface area contributed by atoms with Crippen LogP contribution in [-0.2, 0) is 0 Å². The van der Waals surface area contributed by atoms with Crippen LogP contribution in [0.5, 0.6) is 0 Å². The van der Waals surface area contributed by atoms with Crippen molar-refractivity contribution in [1.29, 1.82) is 0 Å². The third-order valence-corrected chi connectivity index (χ3v) is 9.64. The number of pyridine rings is 2. The van der Waals surface area contributed by atoms with Crippen molar-refractivity contribution in [1.82, 2.24) is 30.8 Å². The van der Waals surface area contributed by atoms with Gasteiger partial charge in [-0.2, -0.15) is 0 Å². The fourth-order valence-electron chi connectivity index (χ4n) is 3.11. The van der Waals surface area contributed by atoms with Crippen LogP contribution in [0.3, 0.4) is 0 Å². The Morgan fingerprint density at radius 1 is 0.839 bits per heavy atom. The molecule has 2 N–H and O–H groups in total. The SMILES string of the molecule is CN1NC(c2cccc(-c3cccc(C4=CSC(=C5SC=CS5)S4)n3)n2)NN(C)C1=O. The van der Waals surface area contributed by atoms with Crippen LogP contribution in [0.25, 0.3) is 16.3 Å². The zero-order valence-electron chi connectivity index (χ0n) is 16.6. The van der Waals surface area contributed by atoms with Crippen LogP contribution < -0.4 is 10.9 Å². The van der Waals surface area contributed by atoms with Crippen molar-refractivity contribution in [3.63, 3.8) is 0 Å². The summed E-state index contributed by atoms with van der Waals surface area (Å²) in [7, 11) is 3.38. The summed E-state index contributed by atoms with van der Waals surface area (Å²) in [5.41, 5.74) is 9.51. The van der Waals surface area contributed by atoms with Gasteiger partial charge in [-0.25, -0.2) is 25.6 Å². The minimum atomic E-state index is -0.315. The first kappa shape index (κ1) is 21.0. The Morgan fingerprint density at radius 2 is 1.48 bits per heavy atom. The summed E-state index contributed by atoms with van der Waals surface area (Å²) < 4.78 is 2.63. The summed E-state index contributed by atoms with van der Waals surface area (Å²) in [6, 6.07) is 11.7. The molecule has 158 valence electrons. The molecule has 3 aliphatic heterocycles. The van der Waals surface area contributed by atoms with Crippen molar-refractivity contribution in [3.05, 3.63) is 72.5 Å². The number of hydrogen-bond acceptors (Lipinski definition) is 9. The van der Waals surface area contributed by atoms with Gasteiger partial charge in [0, 0.05) is 19.0 Å². The van der Waals surface area contributed by atoms with Gasteiger partial charge in [0.2, 0.25) is 0 Å². The summed E-state index contributed by atoms with van der Waals surface area (Å²) in [6.07, 6.45) is -0.315. The number of urea groups is 1. The molecule has 3 aliphatic rings. The number of carbonyl (C=O) groups excluding carboxylic acids is 1. The lowest BCUT2D eigenvalue weighted by atomic mass is 10.2. The summed E-state index contributed by atoms with van der Waals surface area (Å²) in [5.74, 6) is 0. The Hall–Kier alpha value is -1.89. The van der Waals surface area contributed by atoms with Crippen LogP contribution in [0.1, 0.15) is 17.6 Å². The maximum atomic E-state index is 11.9. The number of aromatic nitrogens is 2. The third kappa shape index (κ3) is 4.38. The molecule has 2 aromatic rings. The van der Waals surface area contributed by atoms with Crippen molar-refractivity contribution in [2.24, 2.45) is 0 Å². The quantitative estimate of drug-likeness (QED) is 0.623. The first-order chi connectivity index (χ1) is 15.1. The molecule has 2 amide bonds. The zero-order valence-corrected chi connectivity index (χ0v) is 19.9. The lowest BCUT2D eigenvalue weighted by molar-refractivity contribution is 0.0566. The molecule has 1 fully saturated rings. The number of hydrazine groups is 2. The minimum Gasteiger partial charge on any atom is -0.260 e. The van der Waals surface area contributed by atoms with Gasteiger partial charge in [-0.15, -0.1) is 0 Å². The van der Waals surface area contributed by atoms with E-state index in [4.69, 9.17) is 9.97 Å². The smallest absolute Gasteiger partial charge is 0.260 e. The van der Waals surface area contributed by atoms with Crippen LogP contribution in [0, 0.1) is 0 Å². The topological polar surface area (TPSA) is 73.4 Å². The molecule has 0 saturated carbocycles. The van der Waals surface area contributed by atoms with E-state index in [0.717, 1.165) is 27.7 Å². The molecule has 0 unspecified atom stereocenters. The molecule has 5 rings (SSSR count). The van der Waals surface area contributed by atoms with E-state index in [-0.39, 0.29) is 12.2 Å². The molecular formula is C20H18N6OS4. The normalized spacial score (nSPS) is 19.5. The predicted molar refractivity (Wildman–Crippen MR) is 132 cm³/mol. The molecule has 0 bridgehead atoms. The van der Waals surface area contributed by atoms with E-state index in [0.29, 0.717) is 0 Å². The summed E-state index contributed by atoms with van der Waals surface area (Å²) in [6.45, 7) is 0. The molecule has 0 aromatic carbocycles. The molecule has 7 nitrogen and oxygen atoms in total. The Labute approximate surface area is 197 Å². The monoisotopic (exact) mass is 486 g/mol. The Morgan fingerprint density at radius 3 is 2.23 bits per heavy atom. The molecule has 0 radical (unpaired) electrons. The number of nitrogens with zero attached hydrogens (tertiary/aromatic N) is 4. The summed E-state index contributed by atoms with van der Waals surface area (Å²) in [5, 5.41) is 9.29. The molecule has 5 heterocycles. The minimum absolute atomic E-state index is 0.165. The van der Waals surface area contributed by atoms with Crippen LogP contribution in [-0.4, -0.2) is 40.1 Å². The predicted octanol–water partition coefficient (Wildman–Crippen LogP) is 5.00. The van der Waals surface area contributed by atoms with Crippen LogP contribution >= 0.6 is 47.0 Å². The van der Waals surface area contributed by atoms with Gasteiger partial charge in [0.1, 0.15) is 6.17 Å². The average Bonchev–Trinajstić information content (AvgIpc) is 3.49. The number of carbonyl (C=O) groups is 1. The molecular weight excluding hydrogens is 469 g/mol. The van der Waals surface area contributed by atoms with Crippen molar-refractivity contribution in [3.8, 4) is 11.4 Å². The second kappa shape index (κ2) is 8.93. The fourth-order valence-corrected chi connectivity index (χ4v) is 7.54. The third-order valence-electron chi connectivity index (χ3n) is 4.60. The molecule has 0 atom stereocenters. The fraction of sp³-hybridized carbons (Fsp3) is 0.150. The van der Waals surface area contributed by atoms with E-state index < -0.39 is 0 Å². The Bertz CT molecular complexity index is 1110. The second-order valence-corrected chi connectivity index (χ2v) is 11.0. The van der Waals surface area contributed by atoms with E-state index in [1.54, 1.807) is 61.1 Å². The highest BCUT2D eigenvalue weighted by Gasteiger charge is 2.28. The highest BCUT2D eigenvalue weighted by molar-refractivity contribution is 8.35. The van der Waals surface area contributed by atoms with Crippen molar-refractivity contribution >= 4 is 58.0 Å². The maximum absolute atomic E-state index is 11.9. The summed E-state index contributed by atoms with van der Waals surface area (Å²) >= 11 is 7.06. The van der Waals surface area contributed by atoms with Gasteiger partial charge < -0.3 is 0 Å². The molecule has 0 spiro atoms. The van der Waals surface area contributed by atoms with Crippen LogP contribution in [0.2, 0.25) is 0 Å². The number of thioether (sulfide) groups is 4. The van der Waals surface area contributed by atoms with Gasteiger partial charge in [0.05, 0.1) is 31.3 Å². The van der Waals surface area contributed by atoms with E-state index in [2.05, 4.69) is 27.1 Å². The molecule has 11 heteroatoms. The number of amides is 2.